The van der Waals surface area contributed by atoms with Crippen molar-refractivity contribution in [1.82, 2.24) is 20.4 Å². The van der Waals surface area contributed by atoms with Gasteiger partial charge >= 0.3 is 0 Å². The van der Waals surface area contributed by atoms with Gasteiger partial charge in [0.1, 0.15) is 0 Å². The molecule has 3 aliphatic heterocycles. The van der Waals surface area contributed by atoms with E-state index in [0.717, 1.165) is 32.2 Å². The second-order valence-electron chi connectivity index (χ2n) is 10.3. The van der Waals surface area contributed by atoms with Crippen molar-refractivity contribution in [3.63, 3.8) is 0 Å². The Balaban J connectivity index is 1.11. The van der Waals surface area contributed by atoms with Gasteiger partial charge in [-0.2, -0.15) is 0 Å². The summed E-state index contributed by atoms with van der Waals surface area (Å²) in [6.07, 6.45) is 5.16. The highest BCUT2D eigenvalue weighted by atomic mass is 16.2. The summed E-state index contributed by atoms with van der Waals surface area (Å²) in [4.78, 5) is 41.7. The number of hydrogen-bond donors (Lipinski definition) is 2. The first-order valence-electron chi connectivity index (χ1n) is 13.3. The number of nitrogens with one attached hydrogen (secondary N) is 2. The highest BCUT2D eigenvalue weighted by Gasteiger charge is 2.28. The number of carbonyl (C=O) groups is 3. The van der Waals surface area contributed by atoms with Crippen LogP contribution in [0.15, 0.2) is 48.5 Å². The second-order valence-corrected chi connectivity index (χ2v) is 10.3. The van der Waals surface area contributed by atoms with E-state index in [-0.39, 0.29) is 30.3 Å². The van der Waals surface area contributed by atoms with Crippen molar-refractivity contribution in [2.75, 3.05) is 26.2 Å². The third-order valence-electron chi connectivity index (χ3n) is 7.94. The van der Waals surface area contributed by atoms with Gasteiger partial charge in [0.05, 0.1) is 12.6 Å². The molecule has 36 heavy (non-hydrogen) atoms. The summed E-state index contributed by atoms with van der Waals surface area (Å²) in [5, 5.41) is 6.13. The topological polar surface area (TPSA) is 81.8 Å². The molecule has 190 valence electrons. The Labute approximate surface area is 213 Å². The molecular formula is C29H36N4O3. The summed E-state index contributed by atoms with van der Waals surface area (Å²) in [6, 6.07) is 16.3. The van der Waals surface area contributed by atoms with E-state index in [1.807, 2.05) is 28.0 Å². The van der Waals surface area contributed by atoms with Gasteiger partial charge in [0.15, 0.2) is 0 Å². The van der Waals surface area contributed by atoms with Crippen molar-refractivity contribution in [2.45, 2.75) is 63.6 Å². The molecule has 0 spiro atoms. The number of hydrogen-bond acceptors (Lipinski definition) is 4. The zero-order valence-corrected chi connectivity index (χ0v) is 20.9. The summed E-state index contributed by atoms with van der Waals surface area (Å²) in [6.45, 7) is 3.60. The third kappa shape index (κ3) is 5.62. The summed E-state index contributed by atoms with van der Waals surface area (Å²) >= 11 is 0. The molecule has 2 aromatic rings. The van der Waals surface area contributed by atoms with Crippen LogP contribution >= 0.6 is 0 Å². The zero-order chi connectivity index (χ0) is 24.9. The Morgan fingerprint density at radius 3 is 2.50 bits per heavy atom. The van der Waals surface area contributed by atoms with Crippen LogP contribution in [0, 0.1) is 0 Å². The summed E-state index contributed by atoms with van der Waals surface area (Å²) < 4.78 is 0. The largest absolute Gasteiger partial charge is 0.346 e. The summed E-state index contributed by atoms with van der Waals surface area (Å²) in [7, 11) is 0. The lowest BCUT2D eigenvalue weighted by Crippen LogP contribution is -2.50. The first kappa shape index (κ1) is 24.5. The van der Waals surface area contributed by atoms with Crippen molar-refractivity contribution in [1.29, 1.82) is 0 Å². The van der Waals surface area contributed by atoms with E-state index in [2.05, 4.69) is 41.0 Å². The quantitative estimate of drug-likeness (QED) is 0.655. The molecule has 2 N–H and O–H groups in total. The average Bonchev–Trinajstić information content (AvgIpc) is 2.93. The Kier molecular flexibility index (Phi) is 7.66. The molecular weight excluding hydrogens is 452 g/mol. The zero-order valence-electron chi connectivity index (χ0n) is 20.9. The molecule has 0 bridgehead atoms. The van der Waals surface area contributed by atoms with E-state index in [0.29, 0.717) is 44.9 Å². The van der Waals surface area contributed by atoms with Gasteiger partial charge in [-0.3, -0.25) is 14.4 Å². The van der Waals surface area contributed by atoms with Gasteiger partial charge in [0, 0.05) is 39.1 Å². The SMILES string of the molecule is O=C(NCC(=O)N1CCC(c2ccccc2CN2CCCCC2=O)CC1)C1Cc2ccccc2CN1. The van der Waals surface area contributed by atoms with Crippen LogP contribution in [-0.2, 0) is 33.9 Å². The van der Waals surface area contributed by atoms with Gasteiger partial charge in [-0.05, 0) is 60.3 Å². The molecule has 5 rings (SSSR count). The first-order valence-corrected chi connectivity index (χ1v) is 13.3. The molecule has 7 nitrogen and oxygen atoms in total. The molecule has 0 radical (unpaired) electrons. The van der Waals surface area contributed by atoms with E-state index in [9.17, 15) is 14.4 Å². The molecule has 2 aromatic carbocycles. The average molecular weight is 489 g/mol. The van der Waals surface area contributed by atoms with Crippen molar-refractivity contribution >= 4 is 17.7 Å². The fraction of sp³-hybridized carbons (Fsp3) is 0.483. The molecule has 1 atom stereocenters. The van der Waals surface area contributed by atoms with Gasteiger partial charge < -0.3 is 20.4 Å². The number of piperidine rings is 2. The van der Waals surface area contributed by atoms with Gasteiger partial charge in [0.25, 0.3) is 0 Å². The van der Waals surface area contributed by atoms with Crippen LogP contribution in [0.2, 0.25) is 0 Å². The van der Waals surface area contributed by atoms with Crippen molar-refractivity contribution < 1.29 is 14.4 Å². The van der Waals surface area contributed by atoms with Gasteiger partial charge in [-0.1, -0.05) is 48.5 Å². The van der Waals surface area contributed by atoms with Crippen LogP contribution in [0.25, 0.3) is 0 Å². The number of carbonyl (C=O) groups excluding carboxylic acids is 3. The normalized spacial score (nSPS) is 20.7. The van der Waals surface area contributed by atoms with Crippen LogP contribution < -0.4 is 10.6 Å². The van der Waals surface area contributed by atoms with E-state index >= 15 is 0 Å². The Bertz CT molecular complexity index is 1110. The van der Waals surface area contributed by atoms with Crippen molar-refractivity contribution in [3.8, 4) is 0 Å². The number of nitrogens with zero attached hydrogens (tertiary/aromatic N) is 2. The molecule has 7 heteroatoms. The maximum atomic E-state index is 12.8. The number of fused-ring (bicyclic) bond motifs is 1. The predicted octanol–water partition coefficient (Wildman–Crippen LogP) is 2.74. The number of amides is 3. The molecule has 3 aliphatic rings. The van der Waals surface area contributed by atoms with E-state index in [1.54, 1.807) is 0 Å². The smallest absolute Gasteiger partial charge is 0.241 e. The van der Waals surface area contributed by atoms with Crippen LogP contribution in [-0.4, -0.2) is 59.7 Å². The lowest BCUT2D eigenvalue weighted by Gasteiger charge is -2.34. The number of rotatable bonds is 6. The van der Waals surface area contributed by atoms with Crippen LogP contribution in [0.3, 0.4) is 0 Å². The van der Waals surface area contributed by atoms with Crippen LogP contribution in [0.4, 0.5) is 0 Å². The molecule has 2 fully saturated rings. The minimum Gasteiger partial charge on any atom is -0.346 e. The molecule has 3 heterocycles. The number of benzene rings is 2. The standard InChI is InChI=1S/C29H36N4O3/c34-27-11-5-6-14-33(27)20-24-9-3-4-10-25(24)21-12-15-32(16-13-21)28(35)19-31-29(36)26-17-22-7-1-2-8-23(22)18-30-26/h1-4,7-10,21,26,30H,5-6,11-20H2,(H,31,36). The molecule has 3 amide bonds. The Hall–Kier alpha value is -3.19. The minimum atomic E-state index is -0.304. The summed E-state index contributed by atoms with van der Waals surface area (Å²) in [5.41, 5.74) is 4.95. The van der Waals surface area contributed by atoms with Gasteiger partial charge in [-0.25, -0.2) is 0 Å². The fourth-order valence-electron chi connectivity index (χ4n) is 5.79. The number of likely N-dealkylation sites (tertiary alicyclic amines) is 2. The van der Waals surface area contributed by atoms with Crippen LogP contribution in [0.5, 0.6) is 0 Å². The third-order valence-corrected chi connectivity index (χ3v) is 7.94. The second kappa shape index (κ2) is 11.2. The lowest BCUT2D eigenvalue weighted by atomic mass is 9.86. The molecule has 2 saturated heterocycles. The Morgan fingerprint density at radius 1 is 0.944 bits per heavy atom. The molecule has 0 aliphatic carbocycles. The van der Waals surface area contributed by atoms with E-state index in [4.69, 9.17) is 0 Å². The molecule has 0 aromatic heterocycles. The predicted molar refractivity (Wildman–Crippen MR) is 138 cm³/mol. The summed E-state index contributed by atoms with van der Waals surface area (Å²) in [5.74, 6) is 0.497. The van der Waals surface area contributed by atoms with Gasteiger partial charge in [0.2, 0.25) is 17.7 Å². The van der Waals surface area contributed by atoms with Crippen molar-refractivity contribution in [2.24, 2.45) is 0 Å². The minimum absolute atomic E-state index is 0.0230. The van der Waals surface area contributed by atoms with E-state index < -0.39 is 0 Å². The maximum absolute atomic E-state index is 12.8. The van der Waals surface area contributed by atoms with E-state index in [1.165, 1.54) is 22.3 Å². The highest BCUT2D eigenvalue weighted by Crippen LogP contribution is 2.31. The maximum Gasteiger partial charge on any atom is 0.241 e. The highest BCUT2D eigenvalue weighted by molar-refractivity contribution is 5.88. The Morgan fingerprint density at radius 2 is 1.69 bits per heavy atom. The lowest BCUT2D eigenvalue weighted by molar-refractivity contribution is -0.134. The molecule has 1 unspecified atom stereocenters. The van der Waals surface area contributed by atoms with Crippen molar-refractivity contribution in [3.05, 3.63) is 70.8 Å². The van der Waals surface area contributed by atoms with Gasteiger partial charge in [-0.15, -0.1) is 0 Å². The fourth-order valence-corrected chi connectivity index (χ4v) is 5.79. The van der Waals surface area contributed by atoms with Crippen LogP contribution in [0.1, 0.15) is 60.3 Å². The molecule has 0 saturated carbocycles. The monoisotopic (exact) mass is 488 g/mol. The first-order chi connectivity index (χ1) is 17.6.